The number of amides is 5. The van der Waals surface area contributed by atoms with Crippen LogP contribution in [0.1, 0.15) is 127 Å². The number of nitrogens with zero attached hydrogens (tertiary/aromatic N) is 4. The van der Waals surface area contributed by atoms with Gasteiger partial charge in [-0.05, 0) is 89.1 Å². The number of nitrogens with one attached hydrogen (secondary N) is 3. The summed E-state index contributed by atoms with van der Waals surface area (Å²) in [6.45, 7) is 9.44. The van der Waals surface area contributed by atoms with Crippen molar-refractivity contribution in [1.29, 1.82) is 0 Å². The third kappa shape index (κ3) is 10.8. The Morgan fingerprint density at radius 1 is 0.885 bits per heavy atom. The number of hydrogen-bond donors (Lipinski definition) is 4. The summed E-state index contributed by atoms with van der Waals surface area (Å²) in [5.74, 6) is -3.40. The van der Waals surface area contributed by atoms with Gasteiger partial charge in [0, 0.05) is 24.5 Å². The zero-order valence-corrected chi connectivity index (χ0v) is 36.8. The lowest BCUT2D eigenvalue weighted by molar-refractivity contribution is -0.141. The number of carbonyl (C=O) groups excluding carboxylic acids is 5. The molecule has 4 heterocycles. The number of piperidine rings is 1. The number of carboxylic acids is 1. The standard InChI is InChI=1S/C46H61N7O7S/c1-6-28(2)39(50-41(55)37-20-12-13-21-51(37)5)42(56)48-35-26-38(53(30(35)4)45(58)34-19-11-10-18-33(34)44(57)52-22-14-15-23-52)43-49-36(27-61-43)40(54)47-32(24-29(3)46(59)60)25-31-16-8-7-9-17-31/h7-11,16-19,27-30,32,35,37-39H,6,12-15,20-26H2,1-5H3,(H,47,54)(H,48,56)(H,50,55)(H,59,60). The van der Waals surface area contributed by atoms with Crippen molar-refractivity contribution >= 4 is 46.8 Å². The van der Waals surface area contributed by atoms with E-state index in [0.29, 0.717) is 36.5 Å². The highest BCUT2D eigenvalue weighted by molar-refractivity contribution is 7.10. The summed E-state index contributed by atoms with van der Waals surface area (Å²) in [4.78, 5) is 92.4. The highest BCUT2D eigenvalue weighted by atomic mass is 32.1. The van der Waals surface area contributed by atoms with Gasteiger partial charge in [0.2, 0.25) is 11.8 Å². The smallest absolute Gasteiger partial charge is 0.306 e. The third-order valence-electron chi connectivity index (χ3n) is 12.8. The van der Waals surface area contributed by atoms with Gasteiger partial charge in [-0.15, -0.1) is 11.3 Å². The second-order valence-electron chi connectivity index (χ2n) is 17.1. The molecule has 8 atom stereocenters. The molecule has 4 N–H and O–H groups in total. The lowest BCUT2D eigenvalue weighted by Crippen LogP contribution is -2.58. The lowest BCUT2D eigenvalue weighted by atomic mass is 9.95. The summed E-state index contributed by atoms with van der Waals surface area (Å²) in [5, 5.41) is 21.1. The minimum Gasteiger partial charge on any atom is -0.481 e. The predicted molar refractivity (Wildman–Crippen MR) is 233 cm³/mol. The largest absolute Gasteiger partial charge is 0.481 e. The van der Waals surface area contributed by atoms with Gasteiger partial charge in [0.25, 0.3) is 17.7 Å². The van der Waals surface area contributed by atoms with E-state index in [1.165, 1.54) is 11.3 Å². The van der Waals surface area contributed by atoms with Crippen LogP contribution in [0.25, 0.3) is 0 Å². The number of thiazole rings is 1. The van der Waals surface area contributed by atoms with Crippen LogP contribution in [-0.2, 0) is 20.8 Å². The molecule has 328 valence electrons. The second-order valence-corrected chi connectivity index (χ2v) is 18.0. The van der Waals surface area contributed by atoms with Crippen LogP contribution in [0.3, 0.4) is 0 Å². The van der Waals surface area contributed by atoms with Crippen LogP contribution >= 0.6 is 11.3 Å². The van der Waals surface area contributed by atoms with Crippen LogP contribution in [0.4, 0.5) is 0 Å². The summed E-state index contributed by atoms with van der Waals surface area (Å²) in [6.07, 6.45) is 6.05. The van der Waals surface area contributed by atoms with E-state index < -0.39 is 53.9 Å². The molecule has 61 heavy (non-hydrogen) atoms. The Morgan fingerprint density at radius 2 is 1.54 bits per heavy atom. The van der Waals surface area contributed by atoms with Crippen molar-refractivity contribution in [2.45, 2.75) is 122 Å². The number of aliphatic carboxylic acids is 1. The van der Waals surface area contributed by atoms with Crippen LogP contribution in [0.2, 0.25) is 0 Å². The van der Waals surface area contributed by atoms with Gasteiger partial charge in [-0.25, -0.2) is 4.98 Å². The fraction of sp³-hybridized carbons (Fsp3) is 0.543. The molecule has 8 unspecified atom stereocenters. The average Bonchev–Trinajstić information content (AvgIpc) is 4.04. The van der Waals surface area contributed by atoms with E-state index in [1.807, 2.05) is 63.1 Å². The molecule has 1 aromatic heterocycles. The maximum atomic E-state index is 14.9. The molecule has 15 heteroatoms. The zero-order chi connectivity index (χ0) is 43.8. The first-order chi connectivity index (χ1) is 29.3. The minimum atomic E-state index is -0.955. The molecule has 14 nitrogen and oxygen atoms in total. The summed E-state index contributed by atoms with van der Waals surface area (Å²) in [5.41, 5.74) is 1.63. The number of carbonyl (C=O) groups is 6. The van der Waals surface area contributed by atoms with Crippen molar-refractivity contribution < 1.29 is 33.9 Å². The van der Waals surface area contributed by atoms with Gasteiger partial charge in [-0.3, -0.25) is 33.7 Å². The molecular weight excluding hydrogens is 795 g/mol. The first kappa shape index (κ1) is 45.4. The number of hydrogen-bond acceptors (Lipinski definition) is 9. The SMILES string of the molecule is CCC(C)C(NC(=O)C1CCCCN1C)C(=O)NC1CC(c2nc(C(=O)NC(Cc3ccccc3)CC(C)C(=O)O)cs2)N(C(=O)c2ccccc2C(=O)N2CCCC2)C1C. The number of benzene rings is 2. The van der Waals surface area contributed by atoms with Crippen LogP contribution in [0, 0.1) is 11.8 Å². The van der Waals surface area contributed by atoms with E-state index in [0.717, 1.165) is 44.2 Å². The molecule has 3 fully saturated rings. The third-order valence-corrected chi connectivity index (χ3v) is 13.7. The molecule has 0 radical (unpaired) electrons. The number of carboxylic acid groups (broad SMARTS) is 1. The Morgan fingerprint density at radius 3 is 2.20 bits per heavy atom. The number of rotatable bonds is 16. The van der Waals surface area contributed by atoms with Crippen molar-refractivity contribution in [3.05, 3.63) is 87.4 Å². The molecule has 0 aliphatic carbocycles. The molecule has 6 rings (SSSR count). The van der Waals surface area contributed by atoms with E-state index in [9.17, 15) is 33.9 Å². The molecule has 2 aromatic carbocycles. The highest BCUT2D eigenvalue weighted by Crippen LogP contribution is 2.39. The van der Waals surface area contributed by atoms with Crippen molar-refractivity contribution in [3.63, 3.8) is 0 Å². The summed E-state index contributed by atoms with van der Waals surface area (Å²) < 4.78 is 0. The van der Waals surface area contributed by atoms with Gasteiger partial charge in [0.05, 0.1) is 41.2 Å². The van der Waals surface area contributed by atoms with Crippen molar-refractivity contribution in [1.82, 2.24) is 35.6 Å². The lowest BCUT2D eigenvalue weighted by Gasteiger charge is -2.34. The van der Waals surface area contributed by atoms with E-state index >= 15 is 0 Å². The summed E-state index contributed by atoms with van der Waals surface area (Å²) in [6, 6.07) is 12.9. The molecule has 0 spiro atoms. The first-order valence-corrected chi connectivity index (χ1v) is 22.7. The number of likely N-dealkylation sites (tertiary alicyclic amines) is 3. The van der Waals surface area contributed by atoms with Gasteiger partial charge < -0.3 is 30.9 Å². The fourth-order valence-electron chi connectivity index (χ4n) is 8.89. The second kappa shape index (κ2) is 20.6. The van der Waals surface area contributed by atoms with E-state index in [2.05, 4.69) is 16.0 Å². The fourth-order valence-corrected chi connectivity index (χ4v) is 9.80. The molecule has 0 saturated carbocycles. The normalized spacial score (nSPS) is 22.5. The molecule has 3 aromatic rings. The summed E-state index contributed by atoms with van der Waals surface area (Å²) >= 11 is 1.22. The molecule has 0 bridgehead atoms. The van der Waals surface area contributed by atoms with Gasteiger partial charge in [-0.1, -0.05) is 76.1 Å². The zero-order valence-electron chi connectivity index (χ0n) is 36.0. The number of likely N-dealkylation sites (N-methyl/N-ethyl adjacent to an activating group) is 1. The molecular formula is C46H61N7O7S. The Bertz CT molecular complexity index is 2040. The Labute approximate surface area is 362 Å². The van der Waals surface area contributed by atoms with Crippen LogP contribution < -0.4 is 16.0 Å². The number of aromatic nitrogens is 1. The highest BCUT2D eigenvalue weighted by Gasteiger charge is 2.46. The quantitative estimate of drug-likeness (QED) is 0.149. The predicted octanol–water partition coefficient (Wildman–Crippen LogP) is 5.31. The molecule has 3 aliphatic heterocycles. The van der Waals surface area contributed by atoms with Crippen molar-refractivity contribution in [2.24, 2.45) is 11.8 Å². The van der Waals surface area contributed by atoms with E-state index in [4.69, 9.17) is 4.98 Å². The first-order valence-electron chi connectivity index (χ1n) is 21.8. The topological polar surface area (TPSA) is 181 Å². The Hall–Kier alpha value is -5.15. The van der Waals surface area contributed by atoms with Gasteiger partial charge in [0.1, 0.15) is 16.7 Å². The minimum absolute atomic E-state index is 0.130. The molecule has 5 amide bonds. The van der Waals surface area contributed by atoms with Crippen LogP contribution in [0.15, 0.2) is 60.0 Å². The van der Waals surface area contributed by atoms with Gasteiger partial charge in [0.15, 0.2) is 0 Å². The maximum absolute atomic E-state index is 14.9. The van der Waals surface area contributed by atoms with E-state index in [-0.39, 0.29) is 53.8 Å². The van der Waals surface area contributed by atoms with Crippen molar-refractivity contribution in [3.8, 4) is 0 Å². The van der Waals surface area contributed by atoms with Crippen LogP contribution in [-0.4, -0.2) is 117 Å². The average molecular weight is 856 g/mol. The monoisotopic (exact) mass is 855 g/mol. The Kier molecular flexibility index (Phi) is 15.3. The molecule has 3 saturated heterocycles. The Balaban J connectivity index is 1.28. The van der Waals surface area contributed by atoms with Gasteiger partial charge >= 0.3 is 5.97 Å². The van der Waals surface area contributed by atoms with Crippen molar-refractivity contribution in [2.75, 3.05) is 26.7 Å². The van der Waals surface area contributed by atoms with Crippen LogP contribution in [0.5, 0.6) is 0 Å². The van der Waals surface area contributed by atoms with Gasteiger partial charge in [-0.2, -0.15) is 0 Å². The molecule has 3 aliphatic rings. The summed E-state index contributed by atoms with van der Waals surface area (Å²) in [7, 11) is 1.93. The maximum Gasteiger partial charge on any atom is 0.306 e. The van der Waals surface area contributed by atoms with E-state index in [1.54, 1.807) is 46.4 Å².